The lowest BCUT2D eigenvalue weighted by molar-refractivity contribution is 0.240. The van der Waals surface area contributed by atoms with E-state index in [1.165, 1.54) is 16.7 Å². The van der Waals surface area contributed by atoms with E-state index < -0.39 is 0 Å². The van der Waals surface area contributed by atoms with Crippen LogP contribution in [0.15, 0.2) is 47.3 Å². The molecule has 1 N–H and O–H groups in total. The predicted molar refractivity (Wildman–Crippen MR) is 109 cm³/mol. The van der Waals surface area contributed by atoms with E-state index in [0.717, 1.165) is 36.3 Å². The zero-order valence-electron chi connectivity index (χ0n) is 15.6. The van der Waals surface area contributed by atoms with Crippen LogP contribution in [0.5, 0.6) is 0 Å². The van der Waals surface area contributed by atoms with Gasteiger partial charge in [-0.2, -0.15) is 0 Å². The standard InChI is InChI=1S/C22H22ClN3O/c1-14-4-3-5-17(15(14)2)12-26-11-10-19-20(13-26)24-21(25-22(19)27)16-6-8-18(23)9-7-16/h3-9H,10-13H2,1-2H3,(H,24,25,27). The molecule has 0 spiro atoms. The van der Waals surface area contributed by atoms with Crippen molar-refractivity contribution in [3.05, 3.63) is 85.8 Å². The van der Waals surface area contributed by atoms with Crippen LogP contribution in [-0.4, -0.2) is 21.4 Å². The minimum Gasteiger partial charge on any atom is -0.306 e. The van der Waals surface area contributed by atoms with Crippen LogP contribution in [0.2, 0.25) is 5.02 Å². The molecule has 0 saturated carbocycles. The van der Waals surface area contributed by atoms with Crippen LogP contribution in [0.4, 0.5) is 0 Å². The van der Waals surface area contributed by atoms with Crippen molar-refractivity contribution < 1.29 is 0 Å². The number of fused-ring (bicyclic) bond motifs is 1. The maximum atomic E-state index is 12.5. The summed E-state index contributed by atoms with van der Waals surface area (Å²) in [7, 11) is 0. The van der Waals surface area contributed by atoms with Crippen LogP contribution < -0.4 is 5.56 Å². The van der Waals surface area contributed by atoms with Crippen LogP contribution in [0.25, 0.3) is 11.4 Å². The summed E-state index contributed by atoms with van der Waals surface area (Å²) < 4.78 is 0. The van der Waals surface area contributed by atoms with Crippen LogP contribution in [0.3, 0.4) is 0 Å². The number of aromatic amines is 1. The fraction of sp³-hybridized carbons (Fsp3) is 0.273. The molecule has 0 bridgehead atoms. The van der Waals surface area contributed by atoms with Gasteiger partial charge >= 0.3 is 0 Å². The average Bonchev–Trinajstić information content (AvgIpc) is 2.66. The van der Waals surface area contributed by atoms with E-state index in [1.807, 2.05) is 24.3 Å². The normalized spacial score (nSPS) is 14.2. The van der Waals surface area contributed by atoms with E-state index in [4.69, 9.17) is 16.6 Å². The number of nitrogens with one attached hydrogen (secondary N) is 1. The fourth-order valence-corrected chi connectivity index (χ4v) is 3.72. The Morgan fingerprint density at radius 3 is 2.70 bits per heavy atom. The first-order chi connectivity index (χ1) is 13.0. The van der Waals surface area contributed by atoms with Gasteiger partial charge in [0.1, 0.15) is 5.82 Å². The molecule has 0 unspecified atom stereocenters. The number of aromatic nitrogens is 2. The monoisotopic (exact) mass is 379 g/mol. The van der Waals surface area contributed by atoms with E-state index in [-0.39, 0.29) is 5.56 Å². The zero-order chi connectivity index (χ0) is 19.0. The maximum absolute atomic E-state index is 12.5. The molecule has 138 valence electrons. The summed E-state index contributed by atoms with van der Waals surface area (Å²) in [6.45, 7) is 6.74. The molecule has 1 aromatic heterocycles. The van der Waals surface area contributed by atoms with Crippen molar-refractivity contribution in [3.8, 4) is 11.4 Å². The van der Waals surface area contributed by atoms with Gasteiger partial charge in [-0.1, -0.05) is 29.8 Å². The van der Waals surface area contributed by atoms with Crippen LogP contribution in [0, 0.1) is 13.8 Å². The van der Waals surface area contributed by atoms with E-state index in [2.05, 4.69) is 41.9 Å². The summed E-state index contributed by atoms with van der Waals surface area (Å²) in [6.07, 6.45) is 0.726. The molecule has 4 rings (SSSR count). The Bertz CT molecular complexity index is 1040. The number of halogens is 1. The Balaban J connectivity index is 1.62. The quantitative estimate of drug-likeness (QED) is 0.739. The highest BCUT2D eigenvalue weighted by atomic mass is 35.5. The molecule has 3 aromatic rings. The Hall–Kier alpha value is -2.43. The number of aryl methyl sites for hydroxylation is 1. The SMILES string of the molecule is Cc1cccc(CN2CCc3c(nc(-c4ccc(Cl)cc4)[nH]c3=O)C2)c1C. The van der Waals surface area contributed by atoms with Crippen molar-refractivity contribution in [1.29, 1.82) is 0 Å². The van der Waals surface area contributed by atoms with Gasteiger partial charge in [0.15, 0.2) is 0 Å². The molecule has 2 heterocycles. The van der Waals surface area contributed by atoms with E-state index >= 15 is 0 Å². The fourth-order valence-electron chi connectivity index (χ4n) is 3.60. The number of H-pyrrole nitrogens is 1. The summed E-state index contributed by atoms with van der Waals surface area (Å²) in [6, 6.07) is 13.8. The molecular formula is C22H22ClN3O. The number of hydrogen-bond acceptors (Lipinski definition) is 3. The Labute approximate surface area is 163 Å². The first-order valence-corrected chi connectivity index (χ1v) is 9.54. The van der Waals surface area contributed by atoms with E-state index in [0.29, 0.717) is 17.4 Å². The van der Waals surface area contributed by atoms with Crippen molar-refractivity contribution in [2.45, 2.75) is 33.4 Å². The van der Waals surface area contributed by atoms with Gasteiger partial charge in [0, 0.05) is 35.8 Å². The molecule has 0 saturated heterocycles. The molecule has 27 heavy (non-hydrogen) atoms. The molecule has 0 radical (unpaired) electrons. The van der Waals surface area contributed by atoms with Gasteiger partial charge in [-0.25, -0.2) is 4.98 Å². The van der Waals surface area contributed by atoms with Gasteiger partial charge in [0.05, 0.1) is 5.69 Å². The second kappa shape index (κ2) is 7.29. The highest BCUT2D eigenvalue weighted by Gasteiger charge is 2.22. The molecule has 5 heteroatoms. The highest BCUT2D eigenvalue weighted by molar-refractivity contribution is 6.30. The molecule has 0 amide bonds. The van der Waals surface area contributed by atoms with Crippen molar-refractivity contribution in [1.82, 2.24) is 14.9 Å². The van der Waals surface area contributed by atoms with E-state index in [9.17, 15) is 4.79 Å². The maximum Gasteiger partial charge on any atom is 0.254 e. The Morgan fingerprint density at radius 2 is 1.93 bits per heavy atom. The summed E-state index contributed by atoms with van der Waals surface area (Å²) in [5, 5.41) is 0.666. The first-order valence-electron chi connectivity index (χ1n) is 9.17. The van der Waals surface area contributed by atoms with Gasteiger partial charge < -0.3 is 4.98 Å². The predicted octanol–water partition coefficient (Wildman–Crippen LogP) is 4.27. The van der Waals surface area contributed by atoms with Crippen molar-refractivity contribution in [2.24, 2.45) is 0 Å². The molecule has 1 aliphatic rings. The summed E-state index contributed by atoms with van der Waals surface area (Å²) in [4.78, 5) is 22.6. The smallest absolute Gasteiger partial charge is 0.254 e. The van der Waals surface area contributed by atoms with Gasteiger partial charge in [-0.3, -0.25) is 9.69 Å². The number of benzene rings is 2. The van der Waals surface area contributed by atoms with Crippen molar-refractivity contribution in [2.75, 3.05) is 6.54 Å². The summed E-state index contributed by atoms with van der Waals surface area (Å²) >= 11 is 5.97. The van der Waals surface area contributed by atoms with Gasteiger partial charge in [0.2, 0.25) is 0 Å². The van der Waals surface area contributed by atoms with Crippen LogP contribution in [-0.2, 0) is 19.5 Å². The molecule has 1 aliphatic heterocycles. The molecule has 2 aromatic carbocycles. The second-order valence-corrected chi connectivity index (χ2v) is 7.60. The second-order valence-electron chi connectivity index (χ2n) is 7.17. The zero-order valence-corrected chi connectivity index (χ0v) is 16.3. The van der Waals surface area contributed by atoms with Gasteiger partial charge in [-0.05, 0) is 61.2 Å². The van der Waals surface area contributed by atoms with Crippen LogP contribution >= 0.6 is 11.6 Å². The Morgan fingerprint density at radius 1 is 1.15 bits per heavy atom. The Kier molecular flexibility index (Phi) is 4.85. The molecule has 0 fully saturated rings. The number of hydrogen-bond donors (Lipinski definition) is 1. The minimum absolute atomic E-state index is 0.0312. The molecule has 4 nitrogen and oxygen atoms in total. The first kappa shape index (κ1) is 18.0. The lowest BCUT2D eigenvalue weighted by atomic mass is 10.0. The lowest BCUT2D eigenvalue weighted by Crippen LogP contribution is -2.35. The topological polar surface area (TPSA) is 49.0 Å². The largest absolute Gasteiger partial charge is 0.306 e. The molecule has 0 atom stereocenters. The van der Waals surface area contributed by atoms with Crippen LogP contribution in [0.1, 0.15) is 27.9 Å². The number of rotatable bonds is 3. The minimum atomic E-state index is -0.0312. The average molecular weight is 380 g/mol. The van der Waals surface area contributed by atoms with E-state index in [1.54, 1.807) is 0 Å². The van der Waals surface area contributed by atoms with Crippen molar-refractivity contribution in [3.63, 3.8) is 0 Å². The van der Waals surface area contributed by atoms with Crippen molar-refractivity contribution >= 4 is 11.6 Å². The third-order valence-corrected chi connectivity index (χ3v) is 5.63. The molecule has 0 aliphatic carbocycles. The third-order valence-electron chi connectivity index (χ3n) is 5.38. The lowest BCUT2D eigenvalue weighted by Gasteiger charge is -2.28. The third kappa shape index (κ3) is 3.68. The summed E-state index contributed by atoms with van der Waals surface area (Å²) in [5.74, 6) is 0.601. The molecular weight excluding hydrogens is 358 g/mol. The van der Waals surface area contributed by atoms with Gasteiger partial charge in [0.25, 0.3) is 5.56 Å². The summed E-state index contributed by atoms with van der Waals surface area (Å²) in [5.41, 5.74) is 6.50. The number of nitrogens with zero attached hydrogens (tertiary/aromatic N) is 2. The highest BCUT2D eigenvalue weighted by Crippen LogP contribution is 2.22. The van der Waals surface area contributed by atoms with Gasteiger partial charge in [-0.15, -0.1) is 0 Å².